The van der Waals surface area contributed by atoms with E-state index in [-0.39, 0.29) is 101 Å². The molecule has 3 aromatic heterocycles. The molecular weight excluding hydrogens is 1630 g/mol. The Kier molecular flexibility index (Phi) is 26.2. The maximum atomic E-state index is 12.8. The van der Waals surface area contributed by atoms with Crippen LogP contribution < -0.4 is 46.5 Å². The second-order valence-corrected chi connectivity index (χ2v) is 36.9. The summed E-state index contributed by atoms with van der Waals surface area (Å²) in [7, 11) is 11.5. The average molecular weight is 1750 g/mol. The van der Waals surface area contributed by atoms with Gasteiger partial charge in [0, 0.05) is 168 Å². The van der Waals surface area contributed by atoms with Crippen LogP contribution in [-0.2, 0) is 76.9 Å². The van der Waals surface area contributed by atoms with Crippen LogP contribution >= 0.6 is 31.9 Å². The monoisotopic (exact) mass is 1750 g/mol. The number of anilines is 6. The molecule has 15 aliphatic rings. The van der Waals surface area contributed by atoms with Crippen LogP contribution in [0, 0.1) is 51.8 Å². The zero-order valence-electron chi connectivity index (χ0n) is 70.2. The number of piperazine rings is 1. The van der Waals surface area contributed by atoms with E-state index < -0.39 is 22.7 Å². The summed E-state index contributed by atoms with van der Waals surface area (Å²) in [6, 6.07) is 0. The lowest BCUT2D eigenvalue weighted by atomic mass is 9.47. The van der Waals surface area contributed by atoms with Crippen LogP contribution in [0.15, 0.2) is 61.5 Å². The molecule has 0 aromatic carbocycles. The lowest BCUT2D eigenvalue weighted by Gasteiger charge is -2.58. The standard InChI is InChI=1S/C24H32O4.C19H24O3.C12H15N3O6.C10H16Br2N2O2.C9H12N6.C9H18N6/c1-14-12-18-19(22(4)9-6-17(27)13-21(14)22)7-10-23(5)20(18)8-11-24(23,15(2)25)28-16(3)26;1-18-9-7-13(20)11-12(18)3-4-14-15(18)8-10-19(2)16(14)5-6-17(21)22-19;16-10-13(1-7-4-19-7)11(17)15(3-9-6-21-9)12(18)14(10)2-8-5-20-8;11-3-1-9(15)13-5-7-14(8-6-13)10(16)2-4-12;1-2-13(1)7-10-8(14-3-4-14)12-9(11-7)15-5-6-15;1-13(2)7-10-8(14(3)4)12-9(11-7)15(5)6/h12-13,18-20H,6-11H2,1-5H3;7,9,11,14-16H,3-6,8,10H2,1-2H3;7-9H,1-6H2;1-8H2;1-6H2;1-6H3/t18-,19+,20+,22-,23+,24+;14-,15+,16+,18+,19+;;;;/m11..../s1. The Balaban J connectivity index is 0.000000124. The third-order valence-corrected chi connectivity index (χ3v) is 27.5. The predicted octanol–water partition coefficient (Wildman–Crippen LogP) is 6.16. The number of carbonyl (C=O) groups excluding carboxylic acids is 7. The summed E-state index contributed by atoms with van der Waals surface area (Å²) in [6.45, 7) is 25.4. The van der Waals surface area contributed by atoms with Gasteiger partial charge >= 0.3 is 29.0 Å². The summed E-state index contributed by atoms with van der Waals surface area (Å²) >= 11 is 6.51. The first-order valence-electron chi connectivity index (χ1n) is 41.7. The van der Waals surface area contributed by atoms with E-state index in [4.69, 9.17) is 23.7 Å². The molecule has 0 bridgehead atoms. The number of epoxide rings is 3. The Labute approximate surface area is 700 Å². The van der Waals surface area contributed by atoms with Crippen LogP contribution in [0.3, 0.4) is 0 Å². The third-order valence-electron chi connectivity index (χ3n) is 26.7. The molecule has 0 spiro atoms. The van der Waals surface area contributed by atoms with E-state index in [9.17, 15) is 47.9 Å². The number of alkyl halides is 2. The van der Waals surface area contributed by atoms with Crippen LogP contribution in [0.2, 0.25) is 0 Å². The lowest BCUT2D eigenvalue weighted by molar-refractivity contribution is -0.192. The highest BCUT2D eigenvalue weighted by molar-refractivity contribution is 9.09. The molecule has 0 radical (unpaired) electrons. The van der Waals surface area contributed by atoms with Crippen molar-refractivity contribution >= 4 is 109 Å². The molecule has 32 nitrogen and oxygen atoms in total. The van der Waals surface area contributed by atoms with Crippen LogP contribution in [0.5, 0.6) is 0 Å². The van der Waals surface area contributed by atoms with Gasteiger partial charge in [-0.3, -0.25) is 33.6 Å². The molecule has 638 valence electrons. The normalized spacial score (nSPS) is 31.1. The first-order chi connectivity index (χ1) is 55.6. The second kappa shape index (κ2) is 35.3. The number of hydrogen-bond acceptors (Lipinski definition) is 27. The van der Waals surface area contributed by atoms with Crippen LogP contribution in [0.25, 0.3) is 0 Å². The number of aromatic nitrogens is 9. The summed E-state index contributed by atoms with van der Waals surface area (Å²) in [5.41, 5.74) is 0.455. The minimum absolute atomic E-state index is 0.0160. The van der Waals surface area contributed by atoms with E-state index in [1.54, 1.807) is 13.0 Å². The fraction of sp³-hybridized carbons (Fsp3) is 0.711. The SMILES string of the molecule is C1CN1c1nc(N2CC2)nc(N2CC2)n1.CC(=O)O[C@]1(C(C)=O)CC[C@H]2[C@@H]3C=C(C)C4=CC(=O)CC[C@]4(C)[C@H]3CC[C@@]21C.CN(C)c1nc(N(C)C)nc(N(C)C)n1.C[C@]12C=CC(=O)C=C1CC[C@@H]1[C@@H]2CC[C@]2(C)OC(=O)CC[C@@H]12.O=C(CCBr)N1CCN(C(=O)CCBr)CC1.O=c1n(CC2CO2)c(=O)n(CC2CO2)c(=O)n1CC1CO1. The molecule has 8 saturated heterocycles. The molecule has 8 aliphatic heterocycles. The minimum atomic E-state index is -0.990. The molecule has 14 atom stereocenters. The summed E-state index contributed by atoms with van der Waals surface area (Å²) in [6.07, 6.45) is 21.4. The van der Waals surface area contributed by atoms with Crippen LogP contribution in [-0.4, -0.2) is 262 Å². The summed E-state index contributed by atoms with van der Waals surface area (Å²) in [4.78, 5) is 163. The summed E-state index contributed by atoms with van der Waals surface area (Å²) in [5.74, 6) is 7.70. The van der Waals surface area contributed by atoms with Gasteiger partial charge < -0.3 is 62.9 Å². The van der Waals surface area contributed by atoms with Crippen LogP contribution in [0.1, 0.15) is 138 Å². The largest absolute Gasteiger partial charge is 0.459 e. The van der Waals surface area contributed by atoms with Crippen molar-refractivity contribution in [3.8, 4) is 0 Å². The Morgan fingerprint density at radius 1 is 0.538 bits per heavy atom. The number of rotatable bonds is 18. The van der Waals surface area contributed by atoms with E-state index >= 15 is 0 Å². The number of Topliss-reactive ketones (excluding diaryl/α,β-unsaturated/α-hetero) is 1. The average Bonchev–Trinajstić information content (AvgIpc) is 1.49. The van der Waals surface area contributed by atoms with Crippen molar-refractivity contribution in [1.82, 2.24) is 53.4 Å². The molecule has 12 fully saturated rings. The number of fused-ring (bicyclic) bond motifs is 10. The maximum Gasteiger partial charge on any atom is 0.336 e. The molecular formula is C83H117Br2N17O15. The highest BCUT2D eigenvalue weighted by Gasteiger charge is 2.68. The smallest absolute Gasteiger partial charge is 0.336 e. The molecule has 18 rings (SSSR count). The number of halogens is 2. The summed E-state index contributed by atoms with van der Waals surface area (Å²) < 4.78 is 30.1. The van der Waals surface area contributed by atoms with Crippen LogP contribution in [0.4, 0.5) is 35.7 Å². The van der Waals surface area contributed by atoms with E-state index in [0.29, 0.717) is 142 Å². The van der Waals surface area contributed by atoms with E-state index in [1.807, 2.05) is 78.9 Å². The van der Waals surface area contributed by atoms with Gasteiger partial charge in [-0.25, -0.2) is 28.1 Å². The minimum Gasteiger partial charge on any atom is -0.459 e. The molecule has 3 unspecified atom stereocenters. The molecule has 117 heavy (non-hydrogen) atoms. The Bertz CT molecular complexity index is 4260. The highest BCUT2D eigenvalue weighted by atomic mass is 79.9. The van der Waals surface area contributed by atoms with E-state index in [0.717, 1.165) is 129 Å². The second-order valence-electron chi connectivity index (χ2n) is 35.3. The van der Waals surface area contributed by atoms with Crippen molar-refractivity contribution in [3.05, 3.63) is 78.6 Å². The topological polar surface area (TPSA) is 344 Å². The van der Waals surface area contributed by atoms with Gasteiger partial charge in [0.05, 0.1) is 57.8 Å². The number of ketones is 3. The van der Waals surface area contributed by atoms with Gasteiger partial charge in [-0.2, -0.15) is 29.9 Å². The number of nitrogens with zero attached hydrogens (tertiary/aromatic N) is 17. The molecule has 2 amide bonds. The van der Waals surface area contributed by atoms with E-state index in [1.165, 1.54) is 23.6 Å². The van der Waals surface area contributed by atoms with Gasteiger partial charge in [-0.05, 0) is 144 Å². The molecule has 0 N–H and O–H groups in total. The number of hydrogen-bond donors (Lipinski definition) is 0. The fourth-order valence-electron chi connectivity index (χ4n) is 19.6. The van der Waals surface area contributed by atoms with Gasteiger partial charge in [0.2, 0.25) is 47.5 Å². The first kappa shape index (κ1) is 86.8. The molecule has 3 aromatic rings. The quantitative estimate of drug-likeness (QED) is 0.0781. The van der Waals surface area contributed by atoms with Gasteiger partial charge in [-0.1, -0.05) is 75.9 Å². The van der Waals surface area contributed by atoms with Crippen molar-refractivity contribution < 1.29 is 57.2 Å². The number of ether oxygens (including phenoxy) is 5. The third kappa shape index (κ3) is 19.2. The highest BCUT2D eigenvalue weighted by Crippen LogP contribution is 2.68. The molecule has 4 saturated carbocycles. The van der Waals surface area contributed by atoms with Crippen molar-refractivity contribution in [1.29, 1.82) is 0 Å². The number of carbonyl (C=O) groups is 7. The lowest BCUT2D eigenvalue weighted by Crippen LogP contribution is -2.58. The van der Waals surface area contributed by atoms with Gasteiger partial charge in [0.1, 0.15) is 5.60 Å². The van der Waals surface area contributed by atoms with Gasteiger partial charge in [0.15, 0.2) is 23.0 Å². The maximum absolute atomic E-state index is 12.8. The Hall–Kier alpha value is -8.08. The Morgan fingerprint density at radius 2 is 0.991 bits per heavy atom. The van der Waals surface area contributed by atoms with Gasteiger partial charge in [-0.15, -0.1) is 0 Å². The zero-order chi connectivity index (χ0) is 84.0. The predicted molar refractivity (Wildman–Crippen MR) is 447 cm³/mol. The zero-order valence-corrected chi connectivity index (χ0v) is 73.4. The molecule has 7 aliphatic carbocycles. The van der Waals surface area contributed by atoms with Crippen molar-refractivity contribution in [2.24, 2.45) is 51.8 Å². The first-order valence-corrected chi connectivity index (χ1v) is 43.9. The molecule has 11 heterocycles. The van der Waals surface area contributed by atoms with Crippen molar-refractivity contribution in [3.63, 3.8) is 0 Å². The Morgan fingerprint density at radius 3 is 1.41 bits per heavy atom. The number of amides is 2. The fourth-order valence-corrected chi connectivity index (χ4v) is 20.3. The van der Waals surface area contributed by atoms with Gasteiger partial charge in [0.25, 0.3) is 0 Å². The van der Waals surface area contributed by atoms with E-state index in [2.05, 4.69) is 123 Å². The molecule has 34 heteroatoms. The number of esters is 2. The summed E-state index contributed by atoms with van der Waals surface area (Å²) in [5, 5.41) is 1.41. The van der Waals surface area contributed by atoms with Crippen molar-refractivity contribution in [2.75, 3.05) is 168 Å². The number of allylic oxidation sites excluding steroid dienone is 8. The van der Waals surface area contributed by atoms with Crippen molar-refractivity contribution in [2.45, 2.75) is 188 Å².